The Kier molecular flexibility index (Phi) is 6.84. The maximum Gasteiger partial charge on any atom is 0.416 e. The number of rotatable bonds is 6. The molecule has 0 radical (unpaired) electrons. The van der Waals surface area contributed by atoms with Gasteiger partial charge in [-0.05, 0) is 24.1 Å². The van der Waals surface area contributed by atoms with Crippen molar-refractivity contribution < 1.29 is 17.9 Å². The van der Waals surface area contributed by atoms with Gasteiger partial charge in [0, 0.05) is 24.7 Å². The normalized spacial score (nSPS) is 12.2. The predicted octanol–water partition coefficient (Wildman–Crippen LogP) is 3.60. The Bertz CT molecular complexity index is 759. The SMILES string of the molecule is CCc1cnc(CNC(=NC)NCc2ccc(OC)cc2C(F)(F)F)s1. The summed E-state index contributed by atoms with van der Waals surface area (Å²) in [6.07, 6.45) is -1.72. The number of aliphatic imine (C=N–C) groups is 1. The lowest BCUT2D eigenvalue weighted by atomic mass is 10.1. The van der Waals surface area contributed by atoms with Crippen LogP contribution in [0.25, 0.3) is 0 Å². The second kappa shape index (κ2) is 8.88. The summed E-state index contributed by atoms with van der Waals surface area (Å²) in [5.74, 6) is 0.571. The first kappa shape index (κ1) is 20.0. The van der Waals surface area contributed by atoms with Crippen LogP contribution in [0, 0.1) is 0 Å². The lowest BCUT2D eigenvalue weighted by Gasteiger charge is -2.16. The molecule has 1 aromatic carbocycles. The molecule has 0 amide bonds. The van der Waals surface area contributed by atoms with Crippen LogP contribution in [0.2, 0.25) is 0 Å². The lowest BCUT2D eigenvalue weighted by Crippen LogP contribution is -2.36. The molecule has 0 bridgehead atoms. The van der Waals surface area contributed by atoms with Gasteiger partial charge in [-0.1, -0.05) is 13.0 Å². The van der Waals surface area contributed by atoms with Gasteiger partial charge < -0.3 is 15.4 Å². The summed E-state index contributed by atoms with van der Waals surface area (Å²) in [6.45, 7) is 2.49. The molecular formula is C17H21F3N4OS. The van der Waals surface area contributed by atoms with Crippen LogP contribution in [-0.2, 0) is 25.7 Å². The lowest BCUT2D eigenvalue weighted by molar-refractivity contribution is -0.138. The van der Waals surface area contributed by atoms with E-state index in [1.807, 2.05) is 6.20 Å². The van der Waals surface area contributed by atoms with Gasteiger partial charge in [-0.15, -0.1) is 11.3 Å². The van der Waals surface area contributed by atoms with E-state index in [0.29, 0.717) is 12.5 Å². The number of hydrogen-bond donors (Lipinski definition) is 2. The van der Waals surface area contributed by atoms with Crippen molar-refractivity contribution >= 4 is 17.3 Å². The van der Waals surface area contributed by atoms with E-state index in [4.69, 9.17) is 4.74 Å². The van der Waals surface area contributed by atoms with Crippen molar-refractivity contribution in [3.8, 4) is 5.75 Å². The molecule has 0 spiro atoms. The van der Waals surface area contributed by atoms with Crippen LogP contribution < -0.4 is 15.4 Å². The van der Waals surface area contributed by atoms with Crippen molar-refractivity contribution in [2.45, 2.75) is 32.6 Å². The molecule has 0 saturated heterocycles. The number of nitrogens with zero attached hydrogens (tertiary/aromatic N) is 2. The zero-order valence-electron chi connectivity index (χ0n) is 14.8. The molecule has 1 heterocycles. The zero-order chi connectivity index (χ0) is 19.2. The molecule has 2 rings (SSSR count). The fourth-order valence-corrected chi connectivity index (χ4v) is 3.05. The summed E-state index contributed by atoms with van der Waals surface area (Å²) in [5, 5.41) is 6.85. The van der Waals surface area contributed by atoms with Crippen LogP contribution in [0.15, 0.2) is 29.4 Å². The monoisotopic (exact) mass is 386 g/mol. The number of nitrogens with one attached hydrogen (secondary N) is 2. The van der Waals surface area contributed by atoms with Gasteiger partial charge in [-0.2, -0.15) is 13.2 Å². The van der Waals surface area contributed by atoms with E-state index in [0.717, 1.165) is 17.5 Å². The summed E-state index contributed by atoms with van der Waals surface area (Å²) in [4.78, 5) is 9.50. The van der Waals surface area contributed by atoms with Crippen LogP contribution in [0.5, 0.6) is 5.75 Å². The minimum Gasteiger partial charge on any atom is -0.497 e. The van der Waals surface area contributed by atoms with E-state index in [2.05, 4.69) is 27.5 Å². The fourth-order valence-electron chi connectivity index (χ4n) is 2.25. The van der Waals surface area contributed by atoms with Gasteiger partial charge in [-0.25, -0.2) is 4.98 Å². The molecule has 2 aromatic rings. The number of hydrogen-bond acceptors (Lipinski definition) is 4. The molecule has 0 aliphatic rings. The van der Waals surface area contributed by atoms with Crippen molar-refractivity contribution in [1.29, 1.82) is 0 Å². The Morgan fingerprint density at radius 2 is 2.00 bits per heavy atom. The van der Waals surface area contributed by atoms with Crippen LogP contribution in [-0.4, -0.2) is 25.1 Å². The number of aryl methyl sites for hydroxylation is 1. The van der Waals surface area contributed by atoms with E-state index >= 15 is 0 Å². The van der Waals surface area contributed by atoms with Crippen molar-refractivity contribution in [3.63, 3.8) is 0 Å². The highest BCUT2D eigenvalue weighted by Gasteiger charge is 2.33. The highest BCUT2D eigenvalue weighted by atomic mass is 32.1. The molecule has 26 heavy (non-hydrogen) atoms. The average Bonchev–Trinajstić information content (AvgIpc) is 3.09. The van der Waals surface area contributed by atoms with E-state index in [1.165, 1.54) is 24.1 Å². The number of benzene rings is 1. The molecule has 0 atom stereocenters. The molecular weight excluding hydrogens is 365 g/mol. The Hall–Kier alpha value is -2.29. The van der Waals surface area contributed by atoms with Gasteiger partial charge in [0.2, 0.25) is 0 Å². The molecule has 142 valence electrons. The van der Waals surface area contributed by atoms with E-state index < -0.39 is 11.7 Å². The van der Waals surface area contributed by atoms with Crippen molar-refractivity contribution in [2.75, 3.05) is 14.2 Å². The van der Waals surface area contributed by atoms with Gasteiger partial charge >= 0.3 is 6.18 Å². The van der Waals surface area contributed by atoms with Gasteiger partial charge in [0.25, 0.3) is 0 Å². The number of guanidine groups is 1. The number of aromatic nitrogens is 1. The molecule has 1 aromatic heterocycles. The molecule has 5 nitrogen and oxygen atoms in total. The summed E-state index contributed by atoms with van der Waals surface area (Å²) >= 11 is 1.59. The van der Waals surface area contributed by atoms with Gasteiger partial charge in [0.1, 0.15) is 10.8 Å². The second-order valence-electron chi connectivity index (χ2n) is 5.37. The smallest absolute Gasteiger partial charge is 0.416 e. The Morgan fingerprint density at radius 1 is 1.27 bits per heavy atom. The van der Waals surface area contributed by atoms with Gasteiger partial charge in [0.05, 0.1) is 19.2 Å². The first-order valence-electron chi connectivity index (χ1n) is 7.99. The van der Waals surface area contributed by atoms with Crippen LogP contribution >= 0.6 is 11.3 Å². The first-order chi connectivity index (χ1) is 12.4. The van der Waals surface area contributed by atoms with Gasteiger partial charge in [-0.3, -0.25) is 4.99 Å². The van der Waals surface area contributed by atoms with E-state index in [-0.39, 0.29) is 17.9 Å². The standard InChI is InChI=1S/C17H21F3N4OS/c1-4-13-9-22-15(26-13)10-24-16(21-2)23-8-11-5-6-12(25-3)7-14(11)17(18,19)20/h5-7,9H,4,8,10H2,1-3H3,(H2,21,23,24). The van der Waals surface area contributed by atoms with E-state index in [9.17, 15) is 13.2 Å². The minimum absolute atomic E-state index is 0.0173. The van der Waals surface area contributed by atoms with Crippen molar-refractivity contribution in [3.05, 3.63) is 45.4 Å². The molecule has 0 aliphatic heterocycles. The first-order valence-corrected chi connectivity index (χ1v) is 8.81. The third kappa shape index (κ3) is 5.35. The Labute approximate surface area is 154 Å². The molecule has 0 aliphatic carbocycles. The Balaban J connectivity index is 2.01. The number of alkyl halides is 3. The fraction of sp³-hybridized carbons (Fsp3) is 0.412. The summed E-state index contributed by atoms with van der Waals surface area (Å²) in [5.41, 5.74) is -0.615. The molecule has 9 heteroatoms. The summed E-state index contributed by atoms with van der Waals surface area (Å²) in [6, 6.07) is 3.90. The maximum absolute atomic E-state index is 13.2. The number of thiazole rings is 1. The largest absolute Gasteiger partial charge is 0.497 e. The zero-order valence-corrected chi connectivity index (χ0v) is 15.6. The van der Waals surface area contributed by atoms with Crippen molar-refractivity contribution in [1.82, 2.24) is 15.6 Å². The molecule has 0 fully saturated rings. The molecule has 2 N–H and O–H groups in total. The highest BCUT2D eigenvalue weighted by molar-refractivity contribution is 7.11. The van der Waals surface area contributed by atoms with Crippen molar-refractivity contribution in [2.24, 2.45) is 4.99 Å². The third-order valence-corrected chi connectivity index (χ3v) is 4.79. The van der Waals surface area contributed by atoms with E-state index in [1.54, 1.807) is 18.4 Å². The number of halogens is 3. The second-order valence-corrected chi connectivity index (χ2v) is 6.57. The van der Waals surface area contributed by atoms with Crippen LogP contribution in [0.3, 0.4) is 0 Å². The van der Waals surface area contributed by atoms with Gasteiger partial charge in [0.15, 0.2) is 5.96 Å². The topological polar surface area (TPSA) is 58.5 Å². The Morgan fingerprint density at radius 3 is 2.58 bits per heavy atom. The van der Waals surface area contributed by atoms with Crippen LogP contribution in [0.4, 0.5) is 13.2 Å². The quantitative estimate of drug-likeness (QED) is 0.588. The minimum atomic E-state index is -4.46. The summed E-state index contributed by atoms with van der Waals surface area (Å²) < 4.78 is 44.6. The summed E-state index contributed by atoms with van der Waals surface area (Å²) in [7, 11) is 2.90. The molecule has 0 saturated carbocycles. The average molecular weight is 386 g/mol. The number of ether oxygens (including phenoxy) is 1. The third-order valence-electron chi connectivity index (χ3n) is 3.65. The number of methoxy groups -OCH3 is 1. The highest BCUT2D eigenvalue weighted by Crippen LogP contribution is 2.34. The maximum atomic E-state index is 13.2. The molecule has 0 unspecified atom stereocenters. The van der Waals surface area contributed by atoms with Crippen LogP contribution in [0.1, 0.15) is 27.9 Å². The predicted molar refractivity (Wildman–Crippen MR) is 96.5 cm³/mol.